The van der Waals surface area contributed by atoms with Crippen LogP contribution >= 0.6 is 11.6 Å². The van der Waals surface area contributed by atoms with Gasteiger partial charge in [0.2, 0.25) is 0 Å². The molecule has 0 spiro atoms. The van der Waals surface area contributed by atoms with Crippen LogP contribution in [-0.2, 0) is 0 Å². The minimum absolute atomic E-state index is 0.121. The number of nitrogens with one attached hydrogen (secondary N) is 1. The van der Waals surface area contributed by atoms with Crippen LogP contribution in [-0.4, -0.2) is 35.3 Å². The predicted molar refractivity (Wildman–Crippen MR) is 76.1 cm³/mol. The maximum Gasteiger partial charge on any atom is 0.270 e. The molecule has 1 unspecified atom stereocenters. The highest BCUT2D eigenvalue weighted by Gasteiger charge is 2.19. The Labute approximate surface area is 123 Å². The summed E-state index contributed by atoms with van der Waals surface area (Å²) < 4.78 is 5.66. The van der Waals surface area contributed by atoms with Crippen molar-refractivity contribution in [3.63, 3.8) is 0 Å². The van der Waals surface area contributed by atoms with Gasteiger partial charge in [0.1, 0.15) is 16.5 Å². The van der Waals surface area contributed by atoms with Gasteiger partial charge in [-0.25, -0.2) is 4.98 Å². The molecule has 2 N–H and O–H groups in total. The Morgan fingerprint density at radius 3 is 3.00 bits per heavy atom. The first kappa shape index (κ1) is 15.1. The highest BCUT2D eigenvalue weighted by atomic mass is 35.5. The Morgan fingerprint density at radius 2 is 2.40 bits per heavy atom. The molecule has 1 aliphatic carbocycles. The summed E-state index contributed by atoms with van der Waals surface area (Å²) in [7, 11) is 0. The monoisotopic (exact) mass is 298 g/mol. The average Bonchev–Trinajstić information content (AvgIpc) is 2.38. The number of carbonyl (C=O) groups excluding carboxylic acids is 1. The van der Waals surface area contributed by atoms with Gasteiger partial charge < -0.3 is 15.2 Å². The number of nitrogens with zero attached hydrogens (tertiary/aromatic N) is 1. The Bertz CT molecular complexity index is 477. The van der Waals surface area contributed by atoms with Crippen molar-refractivity contribution in [1.29, 1.82) is 0 Å². The van der Waals surface area contributed by atoms with Crippen molar-refractivity contribution in [3.8, 4) is 5.75 Å². The van der Waals surface area contributed by atoms with Crippen molar-refractivity contribution in [2.24, 2.45) is 5.92 Å². The normalized spacial score (nSPS) is 16.4. The van der Waals surface area contributed by atoms with Crippen molar-refractivity contribution in [2.75, 3.05) is 13.2 Å². The maximum absolute atomic E-state index is 11.9. The topological polar surface area (TPSA) is 71.5 Å². The lowest BCUT2D eigenvalue weighted by Crippen LogP contribution is -2.35. The number of carbonyl (C=O) groups is 1. The van der Waals surface area contributed by atoms with E-state index >= 15 is 0 Å². The Kier molecular flexibility index (Phi) is 5.20. The number of hydrogen-bond acceptors (Lipinski definition) is 4. The number of halogens is 1. The number of amides is 1. The zero-order valence-corrected chi connectivity index (χ0v) is 12.2. The third kappa shape index (κ3) is 3.84. The summed E-state index contributed by atoms with van der Waals surface area (Å²) in [6.45, 7) is 2.21. The van der Waals surface area contributed by atoms with Crippen LogP contribution in [0.2, 0.25) is 5.02 Å². The van der Waals surface area contributed by atoms with Crippen molar-refractivity contribution < 1.29 is 14.6 Å². The van der Waals surface area contributed by atoms with E-state index in [1.165, 1.54) is 25.5 Å². The molecule has 110 valence electrons. The molecule has 0 aliphatic heterocycles. The van der Waals surface area contributed by atoms with Crippen molar-refractivity contribution in [1.82, 2.24) is 10.3 Å². The second kappa shape index (κ2) is 6.90. The van der Waals surface area contributed by atoms with E-state index in [0.717, 1.165) is 0 Å². The van der Waals surface area contributed by atoms with Crippen molar-refractivity contribution in [3.05, 3.63) is 23.0 Å². The number of rotatable bonds is 6. The van der Waals surface area contributed by atoms with Crippen LogP contribution in [0, 0.1) is 5.92 Å². The van der Waals surface area contributed by atoms with Crippen LogP contribution in [0.1, 0.15) is 36.7 Å². The lowest BCUT2D eigenvalue weighted by atomic mass is 9.86. The molecule has 0 aromatic carbocycles. The van der Waals surface area contributed by atoms with Crippen LogP contribution in [0.4, 0.5) is 0 Å². The molecule has 20 heavy (non-hydrogen) atoms. The molecule has 2 rings (SSSR count). The van der Waals surface area contributed by atoms with Gasteiger partial charge in [0.25, 0.3) is 5.91 Å². The van der Waals surface area contributed by atoms with E-state index in [2.05, 4.69) is 10.3 Å². The first-order valence-electron chi connectivity index (χ1n) is 6.80. The van der Waals surface area contributed by atoms with Crippen LogP contribution < -0.4 is 10.1 Å². The highest BCUT2D eigenvalue weighted by molar-refractivity contribution is 6.32. The minimum atomic E-state index is -0.350. The molecule has 0 radical (unpaired) electrons. The fraction of sp³-hybridized carbons (Fsp3) is 0.571. The van der Waals surface area contributed by atoms with Gasteiger partial charge in [-0.15, -0.1) is 0 Å². The summed E-state index contributed by atoms with van der Waals surface area (Å²) in [6.07, 6.45) is 5.04. The fourth-order valence-corrected chi connectivity index (χ4v) is 2.02. The van der Waals surface area contributed by atoms with Gasteiger partial charge in [0.15, 0.2) is 0 Å². The number of ether oxygens (including phenoxy) is 1. The van der Waals surface area contributed by atoms with Crippen molar-refractivity contribution >= 4 is 17.5 Å². The van der Waals surface area contributed by atoms with E-state index in [9.17, 15) is 4.79 Å². The molecule has 6 heteroatoms. The molecule has 1 aromatic heterocycles. The third-order valence-electron chi connectivity index (χ3n) is 3.40. The standard InChI is InChI=1S/C14H19ClN2O3/c1-9(7-18)17-14(19)12-5-13(11(15)6-16-12)20-8-10-3-2-4-10/h5-6,9-10,18H,2-4,7-8H2,1H3,(H,17,19). The SMILES string of the molecule is CC(CO)NC(=O)c1cc(OCC2CCC2)c(Cl)cn1. The van der Waals surface area contributed by atoms with Crippen molar-refractivity contribution in [2.45, 2.75) is 32.2 Å². The first-order valence-corrected chi connectivity index (χ1v) is 7.18. The Hall–Kier alpha value is -1.33. The van der Waals surface area contributed by atoms with Gasteiger partial charge in [-0.1, -0.05) is 18.0 Å². The zero-order chi connectivity index (χ0) is 14.5. The number of pyridine rings is 1. The van der Waals surface area contributed by atoms with Crippen LogP contribution in [0.5, 0.6) is 5.75 Å². The zero-order valence-electron chi connectivity index (χ0n) is 11.4. The maximum atomic E-state index is 11.9. The lowest BCUT2D eigenvalue weighted by molar-refractivity contribution is 0.0916. The van der Waals surface area contributed by atoms with Gasteiger partial charge in [-0.05, 0) is 25.7 Å². The summed E-state index contributed by atoms with van der Waals surface area (Å²) in [5.74, 6) is 0.720. The largest absolute Gasteiger partial charge is 0.492 e. The van der Waals surface area contributed by atoms with E-state index in [-0.39, 0.29) is 24.2 Å². The van der Waals surface area contributed by atoms with Gasteiger partial charge in [0, 0.05) is 12.1 Å². The summed E-state index contributed by atoms with van der Waals surface area (Å²) in [6, 6.07) is 1.22. The molecule has 0 saturated heterocycles. The lowest BCUT2D eigenvalue weighted by Gasteiger charge is -2.25. The number of aliphatic hydroxyl groups is 1. The van der Waals surface area contributed by atoms with E-state index < -0.39 is 0 Å². The summed E-state index contributed by atoms with van der Waals surface area (Å²) in [4.78, 5) is 15.9. The smallest absolute Gasteiger partial charge is 0.270 e. The van der Waals surface area contributed by atoms with Crippen LogP contribution in [0.15, 0.2) is 12.3 Å². The number of aliphatic hydroxyl groups excluding tert-OH is 1. The molecule has 1 heterocycles. The molecule has 1 amide bonds. The molecule has 1 aliphatic rings. The van der Waals surface area contributed by atoms with E-state index in [1.54, 1.807) is 13.0 Å². The Morgan fingerprint density at radius 1 is 1.65 bits per heavy atom. The Balaban J connectivity index is 2.00. The number of hydrogen-bond donors (Lipinski definition) is 2. The second-order valence-corrected chi connectivity index (χ2v) is 5.57. The molecular formula is C14H19ClN2O3. The summed E-state index contributed by atoms with van der Waals surface area (Å²) in [5.41, 5.74) is 0.235. The van der Waals surface area contributed by atoms with Gasteiger partial charge >= 0.3 is 0 Å². The molecule has 5 nitrogen and oxygen atoms in total. The van der Waals surface area contributed by atoms with Gasteiger partial charge in [0.05, 0.1) is 19.4 Å². The molecule has 1 aromatic rings. The average molecular weight is 299 g/mol. The summed E-state index contributed by atoms with van der Waals surface area (Å²) >= 11 is 6.02. The van der Waals surface area contributed by atoms with E-state index in [4.69, 9.17) is 21.4 Å². The van der Waals surface area contributed by atoms with Crippen LogP contribution in [0.25, 0.3) is 0 Å². The molecular weight excluding hydrogens is 280 g/mol. The predicted octanol–water partition coefficient (Wildman–Crippen LogP) is 2.02. The van der Waals surface area contributed by atoms with Crippen LogP contribution in [0.3, 0.4) is 0 Å². The van der Waals surface area contributed by atoms with Gasteiger partial charge in [-0.2, -0.15) is 0 Å². The highest BCUT2D eigenvalue weighted by Crippen LogP contribution is 2.29. The molecule has 1 saturated carbocycles. The first-order chi connectivity index (χ1) is 9.60. The van der Waals surface area contributed by atoms with Gasteiger partial charge in [-0.3, -0.25) is 4.79 Å². The molecule has 1 atom stereocenters. The minimum Gasteiger partial charge on any atom is -0.492 e. The molecule has 1 fully saturated rings. The quantitative estimate of drug-likeness (QED) is 0.843. The second-order valence-electron chi connectivity index (χ2n) is 5.16. The van der Waals surface area contributed by atoms with E-state index in [1.807, 2.05) is 0 Å². The summed E-state index contributed by atoms with van der Waals surface area (Å²) in [5, 5.41) is 12.0. The molecule has 0 bridgehead atoms. The van der Waals surface area contributed by atoms with E-state index in [0.29, 0.717) is 23.3 Å². The fourth-order valence-electron chi connectivity index (χ4n) is 1.87. The third-order valence-corrected chi connectivity index (χ3v) is 3.69. The number of aromatic nitrogens is 1.